The lowest BCUT2D eigenvalue weighted by molar-refractivity contribution is 0.385. The smallest absolute Gasteiger partial charge is 0.0587 e. The van der Waals surface area contributed by atoms with Crippen LogP contribution >= 0.6 is 15.9 Å². The first-order valence-corrected chi connectivity index (χ1v) is 5.80. The van der Waals surface area contributed by atoms with Crippen molar-refractivity contribution in [3.8, 4) is 0 Å². The number of nitrogens with zero attached hydrogens (tertiary/aromatic N) is 2. The average molecular weight is 257 g/mol. The molecule has 14 heavy (non-hydrogen) atoms. The first-order valence-electron chi connectivity index (χ1n) is 4.89. The van der Waals surface area contributed by atoms with Gasteiger partial charge >= 0.3 is 0 Å². The van der Waals surface area contributed by atoms with Gasteiger partial charge in [0.25, 0.3) is 0 Å². The first kappa shape index (κ1) is 11.6. The zero-order chi connectivity index (χ0) is 10.6. The molecule has 0 bridgehead atoms. The van der Waals surface area contributed by atoms with E-state index in [4.69, 9.17) is 0 Å². The fourth-order valence-corrected chi connectivity index (χ4v) is 1.40. The van der Waals surface area contributed by atoms with Gasteiger partial charge in [0.2, 0.25) is 0 Å². The summed E-state index contributed by atoms with van der Waals surface area (Å²) < 4.78 is 0. The van der Waals surface area contributed by atoms with E-state index in [1.165, 1.54) is 0 Å². The fraction of sp³-hybridized carbons (Fsp3) is 0.636. The quantitative estimate of drug-likeness (QED) is 0.777. The maximum absolute atomic E-state index is 4.25. The van der Waals surface area contributed by atoms with Crippen molar-refractivity contribution in [1.29, 1.82) is 0 Å². The second kappa shape index (κ2) is 4.87. The van der Waals surface area contributed by atoms with Crippen LogP contribution in [0, 0.1) is 5.41 Å². The van der Waals surface area contributed by atoms with Gasteiger partial charge in [-0.15, -0.1) is 0 Å². The lowest BCUT2D eigenvalue weighted by Crippen LogP contribution is -2.20. The Morgan fingerprint density at radius 2 is 2.07 bits per heavy atom. The van der Waals surface area contributed by atoms with Crippen molar-refractivity contribution in [2.24, 2.45) is 5.41 Å². The summed E-state index contributed by atoms with van der Waals surface area (Å²) in [6, 6.07) is 0. The van der Waals surface area contributed by atoms with Gasteiger partial charge in [-0.3, -0.25) is 9.97 Å². The average Bonchev–Trinajstić information content (AvgIpc) is 2.14. The van der Waals surface area contributed by atoms with Crippen molar-refractivity contribution in [2.45, 2.75) is 38.4 Å². The molecule has 0 amide bonds. The third kappa shape index (κ3) is 3.74. The molecule has 1 unspecified atom stereocenters. The van der Waals surface area contributed by atoms with E-state index < -0.39 is 0 Å². The third-order valence-electron chi connectivity index (χ3n) is 2.21. The molecule has 1 heterocycles. The van der Waals surface area contributed by atoms with Crippen LogP contribution < -0.4 is 0 Å². The minimum absolute atomic E-state index is 0.308. The molecule has 0 N–H and O–H groups in total. The Hall–Kier alpha value is -0.440. The van der Waals surface area contributed by atoms with Crippen LogP contribution in [0.3, 0.4) is 0 Å². The van der Waals surface area contributed by atoms with Crippen LogP contribution in [-0.4, -0.2) is 14.8 Å². The van der Waals surface area contributed by atoms with Crippen LogP contribution in [-0.2, 0) is 6.42 Å². The van der Waals surface area contributed by atoms with Gasteiger partial charge in [-0.25, -0.2) is 0 Å². The summed E-state index contributed by atoms with van der Waals surface area (Å²) in [5.41, 5.74) is 1.38. The molecule has 1 aromatic rings. The van der Waals surface area contributed by atoms with Crippen molar-refractivity contribution >= 4 is 15.9 Å². The molecule has 3 heteroatoms. The SMILES string of the molecule is CC(C)(C)C(Br)CCc1cnccn1. The van der Waals surface area contributed by atoms with Gasteiger partial charge in [0.15, 0.2) is 0 Å². The Morgan fingerprint density at radius 3 is 2.57 bits per heavy atom. The van der Waals surface area contributed by atoms with Crippen molar-refractivity contribution in [2.75, 3.05) is 0 Å². The van der Waals surface area contributed by atoms with E-state index >= 15 is 0 Å². The molecule has 78 valence electrons. The standard InChI is InChI=1S/C11H17BrN2/c1-11(2,3)10(12)5-4-9-8-13-6-7-14-9/h6-8,10H,4-5H2,1-3H3. The highest BCUT2D eigenvalue weighted by atomic mass is 79.9. The molecule has 0 spiro atoms. The lowest BCUT2D eigenvalue weighted by Gasteiger charge is -2.25. The van der Waals surface area contributed by atoms with Crippen molar-refractivity contribution in [3.05, 3.63) is 24.3 Å². The molecule has 0 saturated carbocycles. The van der Waals surface area contributed by atoms with Crippen LogP contribution in [0.5, 0.6) is 0 Å². The zero-order valence-electron chi connectivity index (χ0n) is 9.00. The van der Waals surface area contributed by atoms with Gasteiger partial charge in [0.1, 0.15) is 0 Å². The maximum Gasteiger partial charge on any atom is 0.0587 e. The second-order valence-electron chi connectivity index (χ2n) is 4.57. The summed E-state index contributed by atoms with van der Waals surface area (Å²) >= 11 is 3.71. The van der Waals surface area contributed by atoms with E-state index in [1.54, 1.807) is 12.4 Å². The Balaban J connectivity index is 2.42. The number of halogens is 1. The lowest BCUT2D eigenvalue weighted by atomic mass is 9.89. The van der Waals surface area contributed by atoms with Crippen LogP contribution in [0.25, 0.3) is 0 Å². The maximum atomic E-state index is 4.25. The van der Waals surface area contributed by atoms with Gasteiger partial charge in [0, 0.05) is 23.4 Å². The van der Waals surface area contributed by atoms with Gasteiger partial charge in [0.05, 0.1) is 5.69 Å². The van der Waals surface area contributed by atoms with E-state index in [9.17, 15) is 0 Å². The van der Waals surface area contributed by atoms with E-state index in [1.807, 2.05) is 6.20 Å². The molecule has 1 aromatic heterocycles. The number of rotatable bonds is 3. The molecule has 0 aromatic carbocycles. The summed E-state index contributed by atoms with van der Waals surface area (Å²) in [6.45, 7) is 6.72. The number of aromatic nitrogens is 2. The van der Waals surface area contributed by atoms with Gasteiger partial charge in [-0.1, -0.05) is 36.7 Å². The largest absolute Gasteiger partial charge is 0.261 e. The Bertz CT molecular complexity index is 266. The molecule has 0 aliphatic carbocycles. The van der Waals surface area contributed by atoms with Crippen LogP contribution in [0.4, 0.5) is 0 Å². The van der Waals surface area contributed by atoms with Crippen molar-refractivity contribution in [3.63, 3.8) is 0 Å². The van der Waals surface area contributed by atoms with Crippen LogP contribution in [0.2, 0.25) is 0 Å². The van der Waals surface area contributed by atoms with Crippen LogP contribution in [0.15, 0.2) is 18.6 Å². The van der Waals surface area contributed by atoms with Crippen molar-refractivity contribution < 1.29 is 0 Å². The molecule has 1 rings (SSSR count). The highest BCUT2D eigenvalue weighted by molar-refractivity contribution is 9.09. The first-order chi connectivity index (χ1) is 6.50. The summed E-state index contributed by atoms with van der Waals surface area (Å²) in [5.74, 6) is 0. The highest BCUT2D eigenvalue weighted by Gasteiger charge is 2.21. The number of hydrogen-bond donors (Lipinski definition) is 0. The molecular weight excluding hydrogens is 240 g/mol. The molecule has 2 nitrogen and oxygen atoms in total. The van der Waals surface area contributed by atoms with E-state index in [0.29, 0.717) is 10.2 Å². The summed E-state index contributed by atoms with van der Waals surface area (Å²) in [7, 11) is 0. The second-order valence-corrected chi connectivity index (χ2v) is 5.67. The Kier molecular flexibility index (Phi) is 4.05. The molecular formula is C11H17BrN2. The van der Waals surface area contributed by atoms with Crippen molar-refractivity contribution in [1.82, 2.24) is 9.97 Å². The van der Waals surface area contributed by atoms with E-state index in [-0.39, 0.29) is 0 Å². The van der Waals surface area contributed by atoms with Gasteiger partial charge in [-0.2, -0.15) is 0 Å². The monoisotopic (exact) mass is 256 g/mol. The van der Waals surface area contributed by atoms with Crippen LogP contribution in [0.1, 0.15) is 32.9 Å². The summed E-state index contributed by atoms with van der Waals surface area (Å²) in [5, 5.41) is 0. The molecule has 0 fully saturated rings. The Labute approximate surface area is 94.3 Å². The minimum atomic E-state index is 0.308. The molecule has 0 aliphatic heterocycles. The molecule has 1 atom stereocenters. The fourth-order valence-electron chi connectivity index (χ4n) is 1.17. The highest BCUT2D eigenvalue weighted by Crippen LogP contribution is 2.29. The molecule has 0 saturated heterocycles. The normalized spacial score (nSPS) is 14.0. The number of hydrogen-bond acceptors (Lipinski definition) is 2. The molecule has 0 aliphatic rings. The minimum Gasteiger partial charge on any atom is -0.261 e. The molecule has 0 radical (unpaired) electrons. The number of alkyl halides is 1. The zero-order valence-corrected chi connectivity index (χ0v) is 10.6. The van der Waals surface area contributed by atoms with E-state index in [2.05, 4.69) is 46.7 Å². The summed E-state index contributed by atoms with van der Waals surface area (Å²) in [4.78, 5) is 8.82. The van der Waals surface area contributed by atoms with Gasteiger partial charge < -0.3 is 0 Å². The summed E-state index contributed by atoms with van der Waals surface area (Å²) in [6.07, 6.45) is 7.38. The third-order valence-corrected chi connectivity index (χ3v) is 4.04. The van der Waals surface area contributed by atoms with E-state index in [0.717, 1.165) is 18.5 Å². The van der Waals surface area contributed by atoms with Gasteiger partial charge in [-0.05, 0) is 18.3 Å². The predicted molar refractivity (Wildman–Crippen MR) is 62.5 cm³/mol. The Morgan fingerprint density at radius 1 is 1.36 bits per heavy atom. The number of aryl methyl sites for hydroxylation is 1. The topological polar surface area (TPSA) is 25.8 Å². The predicted octanol–water partition coefficient (Wildman–Crippen LogP) is 3.22.